The van der Waals surface area contributed by atoms with Crippen LogP contribution in [0, 0.1) is 11.7 Å². The average molecular weight is 321 g/mol. The van der Waals surface area contributed by atoms with Gasteiger partial charge in [-0.05, 0) is 43.7 Å². The van der Waals surface area contributed by atoms with Gasteiger partial charge in [0.05, 0.1) is 0 Å². The Morgan fingerprint density at radius 3 is 2.82 bits per heavy atom. The minimum atomic E-state index is -0.190. The Kier molecular flexibility index (Phi) is 5.40. The molecule has 1 aliphatic carbocycles. The molecule has 0 N–H and O–H groups in total. The molecule has 0 aromatic heterocycles. The van der Waals surface area contributed by atoms with E-state index in [1.807, 2.05) is 6.07 Å². The first-order chi connectivity index (χ1) is 10.8. The minimum Gasteiger partial charge on any atom is -0.339 e. The van der Waals surface area contributed by atoms with Crippen LogP contribution in [0.3, 0.4) is 0 Å². The molecule has 0 radical (unpaired) electrons. The van der Waals surface area contributed by atoms with Crippen molar-refractivity contribution in [3.8, 4) is 0 Å². The van der Waals surface area contributed by atoms with Crippen LogP contribution in [-0.2, 0) is 4.79 Å². The van der Waals surface area contributed by atoms with E-state index in [9.17, 15) is 9.18 Å². The lowest BCUT2D eigenvalue weighted by molar-refractivity contribution is -0.137. The van der Waals surface area contributed by atoms with Gasteiger partial charge in [0.2, 0.25) is 5.91 Å². The van der Waals surface area contributed by atoms with Crippen molar-refractivity contribution in [1.29, 1.82) is 0 Å². The van der Waals surface area contributed by atoms with E-state index in [1.165, 1.54) is 49.9 Å². The fourth-order valence-electron chi connectivity index (χ4n) is 3.89. The maximum Gasteiger partial charge on any atom is 0.223 e. The number of likely N-dealkylation sites (tertiary alicyclic amines) is 1. The summed E-state index contributed by atoms with van der Waals surface area (Å²) in [7, 11) is 0. The molecule has 2 unspecified atom stereocenters. The lowest BCUT2D eigenvalue weighted by Gasteiger charge is -2.44. The molecule has 2 aliphatic rings. The van der Waals surface area contributed by atoms with Crippen LogP contribution in [0.5, 0.6) is 0 Å². The molecule has 22 heavy (non-hydrogen) atoms. The summed E-state index contributed by atoms with van der Waals surface area (Å²) >= 11 is 1.45. The number of nitrogens with zero attached hydrogens (tertiary/aromatic N) is 1. The van der Waals surface area contributed by atoms with Gasteiger partial charge in [-0.15, -0.1) is 11.8 Å². The van der Waals surface area contributed by atoms with Crippen molar-refractivity contribution in [2.24, 2.45) is 5.92 Å². The first-order valence-electron chi connectivity index (χ1n) is 8.42. The van der Waals surface area contributed by atoms with E-state index >= 15 is 0 Å². The van der Waals surface area contributed by atoms with E-state index in [2.05, 4.69) is 4.90 Å². The summed E-state index contributed by atoms with van der Waals surface area (Å²) in [5, 5.41) is 0. The van der Waals surface area contributed by atoms with Crippen molar-refractivity contribution >= 4 is 17.7 Å². The Morgan fingerprint density at radius 1 is 1.18 bits per heavy atom. The summed E-state index contributed by atoms with van der Waals surface area (Å²) in [6.45, 7) is 0.921. The summed E-state index contributed by atoms with van der Waals surface area (Å²) in [4.78, 5) is 15.3. The Bertz CT molecular complexity index is 520. The van der Waals surface area contributed by atoms with Gasteiger partial charge in [-0.3, -0.25) is 4.79 Å². The van der Waals surface area contributed by atoms with Gasteiger partial charge in [0.25, 0.3) is 0 Å². The fraction of sp³-hybridized carbons (Fsp3) is 0.611. The largest absolute Gasteiger partial charge is 0.339 e. The van der Waals surface area contributed by atoms with Crippen LogP contribution in [0.2, 0.25) is 0 Å². The molecule has 4 heteroatoms. The molecule has 1 saturated heterocycles. The van der Waals surface area contributed by atoms with Crippen molar-refractivity contribution in [3.05, 3.63) is 30.1 Å². The van der Waals surface area contributed by atoms with Gasteiger partial charge in [0.15, 0.2) is 0 Å². The van der Waals surface area contributed by atoms with Gasteiger partial charge in [-0.2, -0.15) is 0 Å². The summed E-state index contributed by atoms with van der Waals surface area (Å²) in [6.07, 6.45) is 8.00. The molecular formula is C18H24FNOS. The van der Waals surface area contributed by atoms with E-state index in [4.69, 9.17) is 0 Å². The lowest BCUT2D eigenvalue weighted by Crippen LogP contribution is -2.49. The molecule has 1 saturated carbocycles. The second-order valence-corrected chi connectivity index (χ2v) is 7.51. The monoisotopic (exact) mass is 321 g/mol. The van der Waals surface area contributed by atoms with Crippen molar-refractivity contribution < 1.29 is 9.18 Å². The highest BCUT2D eigenvalue weighted by atomic mass is 32.2. The minimum absolute atomic E-state index is 0.190. The van der Waals surface area contributed by atoms with E-state index in [1.54, 1.807) is 12.1 Å². The number of thioether (sulfide) groups is 1. The Labute approximate surface area is 136 Å². The molecule has 2 nitrogen and oxygen atoms in total. The smallest absolute Gasteiger partial charge is 0.223 e. The normalized spacial score (nSPS) is 24.9. The topological polar surface area (TPSA) is 20.3 Å². The number of piperidine rings is 1. The highest BCUT2D eigenvalue weighted by Gasteiger charge is 2.35. The van der Waals surface area contributed by atoms with Crippen LogP contribution in [0.1, 0.15) is 44.9 Å². The number of halogens is 1. The van der Waals surface area contributed by atoms with Gasteiger partial charge in [-0.1, -0.05) is 25.0 Å². The summed E-state index contributed by atoms with van der Waals surface area (Å²) in [5.41, 5.74) is 0. The second kappa shape index (κ2) is 7.49. The molecule has 120 valence electrons. The van der Waals surface area contributed by atoms with Gasteiger partial charge < -0.3 is 4.90 Å². The van der Waals surface area contributed by atoms with Crippen LogP contribution in [0.15, 0.2) is 29.2 Å². The van der Waals surface area contributed by atoms with E-state index < -0.39 is 0 Å². The Balaban J connectivity index is 1.52. The summed E-state index contributed by atoms with van der Waals surface area (Å²) in [6, 6.07) is 7.27. The Hall–Kier alpha value is -1.03. The quantitative estimate of drug-likeness (QED) is 0.762. The lowest BCUT2D eigenvalue weighted by atomic mass is 9.78. The van der Waals surface area contributed by atoms with Gasteiger partial charge in [0, 0.05) is 29.7 Å². The maximum absolute atomic E-state index is 13.6. The van der Waals surface area contributed by atoms with E-state index in [0.29, 0.717) is 23.1 Å². The zero-order chi connectivity index (χ0) is 15.4. The van der Waals surface area contributed by atoms with Crippen LogP contribution < -0.4 is 0 Å². The van der Waals surface area contributed by atoms with Crippen molar-refractivity contribution in [2.45, 2.75) is 55.9 Å². The highest BCUT2D eigenvalue weighted by molar-refractivity contribution is 7.99. The molecule has 0 spiro atoms. The molecule has 3 rings (SSSR count). The standard InChI is InChI=1S/C18H24FNOS/c19-15-8-2-4-10-17(15)22-13-11-18(21)20-12-5-7-14-6-1-3-9-16(14)20/h2,4,8,10,14,16H,1,3,5-7,9,11-13H2. The predicted octanol–water partition coefficient (Wildman–Crippen LogP) is 4.49. The third-order valence-corrected chi connectivity index (χ3v) is 6.02. The molecule has 2 fully saturated rings. The summed E-state index contributed by atoms with van der Waals surface area (Å²) < 4.78 is 13.6. The predicted molar refractivity (Wildman–Crippen MR) is 88.4 cm³/mol. The fourth-order valence-corrected chi connectivity index (χ4v) is 4.77. The second-order valence-electron chi connectivity index (χ2n) is 6.37. The van der Waals surface area contributed by atoms with Crippen LogP contribution in [0.4, 0.5) is 4.39 Å². The van der Waals surface area contributed by atoms with Crippen LogP contribution in [0.25, 0.3) is 0 Å². The third-order valence-electron chi connectivity index (χ3n) is 4.97. The maximum atomic E-state index is 13.6. The number of rotatable bonds is 4. The van der Waals surface area contributed by atoms with E-state index in [-0.39, 0.29) is 11.7 Å². The number of fused-ring (bicyclic) bond motifs is 1. The van der Waals surface area contributed by atoms with Crippen molar-refractivity contribution in [3.63, 3.8) is 0 Å². The zero-order valence-electron chi connectivity index (χ0n) is 13.0. The number of carbonyl (C=O) groups excluding carboxylic acids is 1. The third kappa shape index (κ3) is 3.65. The zero-order valence-corrected chi connectivity index (χ0v) is 13.8. The van der Waals surface area contributed by atoms with Crippen molar-refractivity contribution in [2.75, 3.05) is 12.3 Å². The van der Waals surface area contributed by atoms with Crippen LogP contribution in [-0.4, -0.2) is 29.1 Å². The number of carbonyl (C=O) groups is 1. The first kappa shape index (κ1) is 15.9. The molecule has 1 aromatic carbocycles. The molecule has 0 bridgehead atoms. The molecule has 1 heterocycles. The van der Waals surface area contributed by atoms with Crippen molar-refractivity contribution in [1.82, 2.24) is 4.90 Å². The number of hydrogen-bond acceptors (Lipinski definition) is 2. The Morgan fingerprint density at radius 2 is 1.95 bits per heavy atom. The highest BCUT2D eigenvalue weighted by Crippen LogP contribution is 2.35. The molecule has 1 aromatic rings. The van der Waals surface area contributed by atoms with Gasteiger partial charge in [0.1, 0.15) is 5.82 Å². The molecule has 1 amide bonds. The molecule has 2 atom stereocenters. The molecular weight excluding hydrogens is 297 g/mol. The van der Waals surface area contributed by atoms with Gasteiger partial charge >= 0.3 is 0 Å². The molecule has 1 aliphatic heterocycles. The van der Waals surface area contributed by atoms with Gasteiger partial charge in [-0.25, -0.2) is 4.39 Å². The SMILES string of the molecule is O=C(CCSc1ccccc1F)N1CCCC2CCCCC21. The van der Waals surface area contributed by atoms with E-state index in [0.717, 1.165) is 18.9 Å². The van der Waals surface area contributed by atoms with Crippen LogP contribution >= 0.6 is 11.8 Å². The number of hydrogen-bond donors (Lipinski definition) is 0. The summed E-state index contributed by atoms with van der Waals surface area (Å²) in [5.74, 6) is 1.46. The first-order valence-corrected chi connectivity index (χ1v) is 9.41. The number of benzene rings is 1. The average Bonchev–Trinajstić information content (AvgIpc) is 2.56. The number of amides is 1.